The van der Waals surface area contributed by atoms with E-state index in [9.17, 15) is 4.79 Å². The van der Waals surface area contributed by atoms with Crippen LogP contribution in [0.5, 0.6) is 5.75 Å². The maximum atomic E-state index is 12.4. The van der Waals surface area contributed by atoms with E-state index in [1.807, 2.05) is 49.4 Å². The maximum Gasteiger partial charge on any atom is 0.278 e. The van der Waals surface area contributed by atoms with Crippen molar-refractivity contribution in [3.8, 4) is 5.75 Å². The van der Waals surface area contributed by atoms with E-state index in [1.54, 1.807) is 0 Å². The van der Waals surface area contributed by atoms with E-state index in [0.717, 1.165) is 20.4 Å². The van der Waals surface area contributed by atoms with Crippen molar-refractivity contribution in [2.75, 3.05) is 6.61 Å². The SMILES string of the molecule is CCOc1cc2c(cc1I)CN(OCc1ccccc1)C2=O. The number of amides is 1. The van der Waals surface area contributed by atoms with Gasteiger partial charge < -0.3 is 4.74 Å². The summed E-state index contributed by atoms with van der Waals surface area (Å²) < 4.78 is 6.57. The summed E-state index contributed by atoms with van der Waals surface area (Å²) in [6, 6.07) is 13.6. The van der Waals surface area contributed by atoms with Gasteiger partial charge in [-0.15, -0.1) is 0 Å². The Bertz CT molecular complexity index is 688. The summed E-state index contributed by atoms with van der Waals surface area (Å²) >= 11 is 2.23. The maximum absolute atomic E-state index is 12.4. The van der Waals surface area contributed by atoms with Crippen LogP contribution in [0.4, 0.5) is 0 Å². The van der Waals surface area contributed by atoms with Gasteiger partial charge in [-0.05, 0) is 52.8 Å². The molecule has 2 aromatic rings. The lowest BCUT2D eigenvalue weighted by atomic mass is 10.1. The molecule has 0 spiro atoms. The monoisotopic (exact) mass is 409 g/mol. The van der Waals surface area contributed by atoms with Crippen LogP contribution < -0.4 is 4.74 Å². The van der Waals surface area contributed by atoms with Gasteiger partial charge in [0.25, 0.3) is 5.91 Å². The fourth-order valence-electron chi connectivity index (χ4n) is 2.38. The lowest BCUT2D eigenvalue weighted by molar-refractivity contribution is -0.134. The van der Waals surface area contributed by atoms with Crippen molar-refractivity contribution in [3.05, 3.63) is 62.7 Å². The first-order valence-electron chi connectivity index (χ1n) is 7.13. The predicted octanol–water partition coefficient (Wildman–Crippen LogP) is 3.78. The first-order valence-corrected chi connectivity index (χ1v) is 8.21. The van der Waals surface area contributed by atoms with Gasteiger partial charge in [-0.3, -0.25) is 9.63 Å². The van der Waals surface area contributed by atoms with Crippen LogP contribution in [0, 0.1) is 3.57 Å². The molecule has 0 saturated heterocycles. The van der Waals surface area contributed by atoms with Crippen molar-refractivity contribution in [2.24, 2.45) is 0 Å². The molecule has 1 aliphatic rings. The molecule has 0 radical (unpaired) electrons. The predicted molar refractivity (Wildman–Crippen MR) is 91.4 cm³/mol. The van der Waals surface area contributed by atoms with E-state index < -0.39 is 0 Å². The molecule has 1 aliphatic heterocycles. The molecule has 0 bridgehead atoms. The quantitative estimate of drug-likeness (QED) is 0.706. The number of ether oxygens (including phenoxy) is 1. The number of nitrogens with zero attached hydrogens (tertiary/aromatic N) is 1. The van der Waals surface area contributed by atoms with Gasteiger partial charge in [0, 0.05) is 0 Å². The topological polar surface area (TPSA) is 38.8 Å². The van der Waals surface area contributed by atoms with Crippen LogP contribution in [0.25, 0.3) is 0 Å². The smallest absolute Gasteiger partial charge is 0.278 e. The number of hydroxylamine groups is 2. The van der Waals surface area contributed by atoms with E-state index in [4.69, 9.17) is 9.57 Å². The summed E-state index contributed by atoms with van der Waals surface area (Å²) in [5.74, 6) is 0.642. The van der Waals surface area contributed by atoms with Crippen LogP contribution >= 0.6 is 22.6 Å². The fraction of sp³-hybridized carbons (Fsp3) is 0.235. The molecule has 0 fully saturated rings. The Balaban J connectivity index is 1.73. The summed E-state index contributed by atoms with van der Waals surface area (Å²) in [6.07, 6.45) is 0. The zero-order valence-corrected chi connectivity index (χ0v) is 14.4. The zero-order valence-electron chi connectivity index (χ0n) is 12.2. The van der Waals surface area contributed by atoms with E-state index in [2.05, 4.69) is 22.6 Å². The van der Waals surface area contributed by atoms with Gasteiger partial charge in [-0.2, -0.15) is 0 Å². The van der Waals surface area contributed by atoms with Crippen molar-refractivity contribution < 1.29 is 14.4 Å². The van der Waals surface area contributed by atoms with Crippen molar-refractivity contribution in [2.45, 2.75) is 20.1 Å². The molecule has 0 saturated carbocycles. The molecule has 0 aromatic heterocycles. The number of fused-ring (bicyclic) bond motifs is 1. The second-order valence-corrected chi connectivity index (χ2v) is 6.14. The van der Waals surface area contributed by atoms with Gasteiger partial charge in [-0.1, -0.05) is 30.3 Å². The lowest BCUT2D eigenvalue weighted by Crippen LogP contribution is -2.24. The summed E-state index contributed by atoms with van der Waals surface area (Å²) in [5.41, 5.74) is 2.68. The third kappa shape index (κ3) is 3.10. The minimum absolute atomic E-state index is 0.108. The van der Waals surface area contributed by atoms with Gasteiger partial charge in [-0.25, -0.2) is 5.06 Å². The van der Waals surface area contributed by atoms with Crippen LogP contribution in [0.15, 0.2) is 42.5 Å². The van der Waals surface area contributed by atoms with Crippen LogP contribution in [-0.2, 0) is 18.0 Å². The molecule has 4 nitrogen and oxygen atoms in total. The Labute approximate surface area is 143 Å². The van der Waals surface area contributed by atoms with Gasteiger partial charge in [0.15, 0.2) is 0 Å². The number of hydrogen-bond acceptors (Lipinski definition) is 3. The molecule has 0 atom stereocenters. The molecule has 3 rings (SSSR count). The van der Waals surface area contributed by atoms with Gasteiger partial charge in [0.05, 0.1) is 22.3 Å². The van der Waals surface area contributed by atoms with Crippen molar-refractivity contribution in [1.82, 2.24) is 5.06 Å². The molecule has 0 N–H and O–H groups in total. The van der Waals surface area contributed by atoms with Crippen molar-refractivity contribution in [3.63, 3.8) is 0 Å². The Morgan fingerprint density at radius 1 is 1.23 bits per heavy atom. The second-order valence-electron chi connectivity index (χ2n) is 4.97. The summed E-state index contributed by atoms with van der Waals surface area (Å²) in [6.45, 7) is 3.37. The molecule has 22 heavy (non-hydrogen) atoms. The molecule has 1 amide bonds. The zero-order chi connectivity index (χ0) is 15.5. The van der Waals surface area contributed by atoms with Gasteiger partial charge >= 0.3 is 0 Å². The highest BCUT2D eigenvalue weighted by Crippen LogP contribution is 2.31. The second kappa shape index (κ2) is 6.66. The molecule has 1 heterocycles. The molecular weight excluding hydrogens is 393 g/mol. The van der Waals surface area contributed by atoms with Crippen LogP contribution in [0.3, 0.4) is 0 Å². The van der Waals surface area contributed by atoms with E-state index in [0.29, 0.717) is 25.3 Å². The first kappa shape index (κ1) is 15.3. The number of halogens is 1. The number of carbonyl (C=O) groups is 1. The van der Waals surface area contributed by atoms with Crippen LogP contribution in [0.1, 0.15) is 28.4 Å². The highest BCUT2D eigenvalue weighted by Gasteiger charge is 2.29. The van der Waals surface area contributed by atoms with E-state index in [-0.39, 0.29) is 5.91 Å². The van der Waals surface area contributed by atoms with Crippen LogP contribution in [0.2, 0.25) is 0 Å². The summed E-state index contributed by atoms with van der Waals surface area (Å²) in [7, 11) is 0. The first-order chi connectivity index (χ1) is 10.7. The molecule has 5 heteroatoms. The molecule has 114 valence electrons. The third-order valence-corrected chi connectivity index (χ3v) is 4.30. The Kier molecular flexibility index (Phi) is 4.63. The average molecular weight is 409 g/mol. The summed E-state index contributed by atoms with van der Waals surface area (Å²) in [4.78, 5) is 18.1. The normalized spacial score (nSPS) is 13.4. The average Bonchev–Trinajstić information content (AvgIpc) is 2.83. The Hall–Kier alpha value is -1.60. The van der Waals surface area contributed by atoms with Crippen molar-refractivity contribution in [1.29, 1.82) is 0 Å². The Morgan fingerprint density at radius 3 is 2.73 bits per heavy atom. The molecule has 0 unspecified atom stereocenters. The molecule has 0 aliphatic carbocycles. The Morgan fingerprint density at radius 2 is 2.00 bits per heavy atom. The lowest BCUT2D eigenvalue weighted by Gasteiger charge is -2.15. The van der Waals surface area contributed by atoms with E-state index in [1.165, 1.54) is 5.06 Å². The number of rotatable bonds is 5. The standard InChI is InChI=1S/C17H16INO3/c1-2-21-16-9-14-13(8-15(16)18)10-19(17(14)20)22-11-12-6-4-3-5-7-12/h3-9H,2,10-11H2,1H3. The van der Waals surface area contributed by atoms with Gasteiger partial charge in [0.2, 0.25) is 0 Å². The van der Waals surface area contributed by atoms with Crippen LogP contribution in [-0.4, -0.2) is 17.6 Å². The fourth-order valence-corrected chi connectivity index (χ4v) is 3.07. The third-order valence-electron chi connectivity index (χ3n) is 3.46. The molecular formula is C17H16INO3. The minimum atomic E-state index is -0.108. The minimum Gasteiger partial charge on any atom is -0.493 e. The summed E-state index contributed by atoms with van der Waals surface area (Å²) in [5, 5.41) is 1.42. The number of hydrogen-bond donors (Lipinski definition) is 0. The molecule has 2 aromatic carbocycles. The largest absolute Gasteiger partial charge is 0.493 e. The highest BCUT2D eigenvalue weighted by molar-refractivity contribution is 14.1. The van der Waals surface area contributed by atoms with Gasteiger partial charge in [0.1, 0.15) is 12.4 Å². The van der Waals surface area contributed by atoms with Crippen molar-refractivity contribution >= 4 is 28.5 Å². The highest BCUT2D eigenvalue weighted by atomic mass is 127. The number of benzene rings is 2. The number of carbonyl (C=O) groups excluding carboxylic acids is 1. The van der Waals surface area contributed by atoms with E-state index >= 15 is 0 Å².